The van der Waals surface area contributed by atoms with Gasteiger partial charge in [0, 0.05) is 18.8 Å². The van der Waals surface area contributed by atoms with E-state index in [2.05, 4.69) is 26.1 Å². The molecule has 1 rings (SSSR count). The molecule has 0 saturated heterocycles. The average molecular weight is 289 g/mol. The smallest absolute Gasteiger partial charge is 0.153 e. The molecular formula is C15H31NO2S. The predicted molar refractivity (Wildman–Crippen MR) is 82.1 cm³/mol. The van der Waals surface area contributed by atoms with Crippen LogP contribution in [0.1, 0.15) is 60.3 Å². The topological polar surface area (TPSA) is 46.2 Å². The van der Waals surface area contributed by atoms with Crippen LogP contribution in [0.3, 0.4) is 0 Å². The Labute approximate surface area is 119 Å². The van der Waals surface area contributed by atoms with Crippen molar-refractivity contribution in [3.63, 3.8) is 0 Å². The van der Waals surface area contributed by atoms with Crippen molar-refractivity contribution in [3.8, 4) is 0 Å². The number of rotatable bonds is 4. The maximum atomic E-state index is 11.7. The summed E-state index contributed by atoms with van der Waals surface area (Å²) in [6.07, 6.45) is 6.16. The molecule has 0 spiro atoms. The standard InChI is InChI=1S/C15H31NO2S/c1-14(2,3)12-7-9-13(10-8-12)16-11-15(4,5)19(6,17)18/h12-13,16H,7-11H2,1-6H3. The molecule has 1 aliphatic carbocycles. The van der Waals surface area contributed by atoms with Crippen LogP contribution in [0.15, 0.2) is 0 Å². The van der Waals surface area contributed by atoms with Gasteiger partial charge >= 0.3 is 0 Å². The summed E-state index contributed by atoms with van der Waals surface area (Å²) >= 11 is 0. The lowest BCUT2D eigenvalue weighted by atomic mass is 9.71. The predicted octanol–water partition coefficient (Wildman–Crippen LogP) is 3.00. The molecule has 0 heterocycles. The van der Waals surface area contributed by atoms with E-state index in [4.69, 9.17) is 0 Å². The zero-order chi connectivity index (χ0) is 14.9. The van der Waals surface area contributed by atoms with Crippen molar-refractivity contribution in [2.75, 3.05) is 12.8 Å². The van der Waals surface area contributed by atoms with Crippen molar-refractivity contribution < 1.29 is 8.42 Å². The van der Waals surface area contributed by atoms with Gasteiger partial charge in [-0.3, -0.25) is 0 Å². The molecule has 0 aromatic heterocycles. The molecule has 114 valence electrons. The average Bonchev–Trinajstić information content (AvgIpc) is 2.24. The van der Waals surface area contributed by atoms with Crippen LogP contribution in [0.2, 0.25) is 0 Å². The molecule has 0 aliphatic heterocycles. The summed E-state index contributed by atoms with van der Waals surface area (Å²) < 4.78 is 22.7. The molecule has 19 heavy (non-hydrogen) atoms. The Bertz CT molecular complexity index is 385. The summed E-state index contributed by atoms with van der Waals surface area (Å²) in [5.41, 5.74) is 0.400. The van der Waals surface area contributed by atoms with E-state index in [1.54, 1.807) is 13.8 Å². The number of nitrogens with one attached hydrogen (secondary N) is 1. The van der Waals surface area contributed by atoms with Gasteiger partial charge in [-0.05, 0) is 50.9 Å². The molecule has 1 N–H and O–H groups in total. The van der Waals surface area contributed by atoms with Crippen molar-refractivity contribution in [2.24, 2.45) is 11.3 Å². The van der Waals surface area contributed by atoms with Gasteiger partial charge in [-0.2, -0.15) is 0 Å². The fourth-order valence-electron chi connectivity index (χ4n) is 2.68. The van der Waals surface area contributed by atoms with Gasteiger partial charge in [0.15, 0.2) is 9.84 Å². The molecule has 1 aliphatic rings. The molecule has 1 saturated carbocycles. The summed E-state index contributed by atoms with van der Waals surface area (Å²) in [5.74, 6) is 0.800. The van der Waals surface area contributed by atoms with Crippen molar-refractivity contribution in [2.45, 2.75) is 71.1 Å². The van der Waals surface area contributed by atoms with Crippen LogP contribution in [-0.2, 0) is 9.84 Å². The quantitative estimate of drug-likeness (QED) is 0.865. The van der Waals surface area contributed by atoms with E-state index in [0.717, 1.165) is 5.92 Å². The first-order chi connectivity index (χ1) is 8.43. The Hall–Kier alpha value is -0.0900. The third-order valence-electron chi connectivity index (χ3n) is 4.77. The highest BCUT2D eigenvalue weighted by Crippen LogP contribution is 2.37. The Morgan fingerprint density at radius 2 is 1.47 bits per heavy atom. The fourth-order valence-corrected chi connectivity index (χ4v) is 3.03. The maximum absolute atomic E-state index is 11.7. The van der Waals surface area contributed by atoms with E-state index < -0.39 is 14.6 Å². The summed E-state index contributed by atoms with van der Waals surface area (Å²) in [7, 11) is -3.00. The van der Waals surface area contributed by atoms with Crippen LogP contribution < -0.4 is 5.32 Å². The molecule has 4 heteroatoms. The van der Waals surface area contributed by atoms with Gasteiger partial charge < -0.3 is 5.32 Å². The summed E-state index contributed by atoms with van der Waals surface area (Å²) in [4.78, 5) is 0. The minimum Gasteiger partial charge on any atom is -0.312 e. The minimum absolute atomic E-state index is 0.400. The zero-order valence-corrected chi connectivity index (χ0v) is 14.2. The van der Waals surface area contributed by atoms with Crippen molar-refractivity contribution in [3.05, 3.63) is 0 Å². The second-order valence-corrected chi connectivity index (χ2v) is 10.5. The lowest BCUT2D eigenvalue weighted by molar-refractivity contribution is 0.159. The molecule has 0 radical (unpaired) electrons. The molecule has 0 atom stereocenters. The number of sulfone groups is 1. The highest BCUT2D eigenvalue weighted by molar-refractivity contribution is 7.92. The first-order valence-electron chi connectivity index (χ1n) is 7.36. The second kappa shape index (κ2) is 5.72. The third kappa shape index (κ3) is 4.75. The monoisotopic (exact) mass is 289 g/mol. The molecule has 0 amide bonds. The lowest BCUT2D eigenvalue weighted by Crippen LogP contribution is -2.46. The van der Waals surface area contributed by atoms with E-state index in [1.165, 1.54) is 31.9 Å². The van der Waals surface area contributed by atoms with Gasteiger partial charge in [0.25, 0.3) is 0 Å². The van der Waals surface area contributed by atoms with Crippen LogP contribution in [0, 0.1) is 11.3 Å². The maximum Gasteiger partial charge on any atom is 0.153 e. The van der Waals surface area contributed by atoms with Crippen LogP contribution in [0.25, 0.3) is 0 Å². The normalized spacial score (nSPS) is 26.4. The van der Waals surface area contributed by atoms with E-state index in [1.807, 2.05) is 0 Å². The van der Waals surface area contributed by atoms with Crippen molar-refractivity contribution >= 4 is 9.84 Å². The van der Waals surface area contributed by atoms with Crippen molar-refractivity contribution in [1.82, 2.24) is 5.32 Å². The van der Waals surface area contributed by atoms with Crippen LogP contribution in [-0.4, -0.2) is 32.0 Å². The Kier molecular flexibility index (Phi) is 5.11. The van der Waals surface area contributed by atoms with Gasteiger partial charge in [0.2, 0.25) is 0 Å². The molecular weight excluding hydrogens is 258 g/mol. The highest BCUT2D eigenvalue weighted by atomic mass is 32.2. The Morgan fingerprint density at radius 1 is 1.00 bits per heavy atom. The molecule has 0 unspecified atom stereocenters. The van der Waals surface area contributed by atoms with Gasteiger partial charge in [-0.25, -0.2) is 8.42 Å². The van der Waals surface area contributed by atoms with E-state index >= 15 is 0 Å². The first-order valence-corrected chi connectivity index (χ1v) is 9.25. The van der Waals surface area contributed by atoms with Gasteiger partial charge in [-0.15, -0.1) is 0 Å². The molecule has 1 fully saturated rings. The minimum atomic E-state index is -3.00. The highest BCUT2D eigenvalue weighted by Gasteiger charge is 2.33. The Balaban J connectivity index is 2.43. The van der Waals surface area contributed by atoms with E-state index in [-0.39, 0.29) is 0 Å². The van der Waals surface area contributed by atoms with E-state index in [0.29, 0.717) is 18.0 Å². The summed E-state index contributed by atoms with van der Waals surface area (Å²) in [5, 5.41) is 3.46. The zero-order valence-electron chi connectivity index (χ0n) is 13.4. The van der Waals surface area contributed by atoms with Gasteiger partial charge in [-0.1, -0.05) is 20.8 Å². The van der Waals surface area contributed by atoms with Gasteiger partial charge in [0.1, 0.15) is 0 Å². The molecule has 0 aromatic carbocycles. The molecule has 0 aromatic rings. The van der Waals surface area contributed by atoms with E-state index in [9.17, 15) is 8.42 Å². The molecule has 3 nitrogen and oxygen atoms in total. The van der Waals surface area contributed by atoms with Crippen LogP contribution in [0.4, 0.5) is 0 Å². The summed E-state index contributed by atoms with van der Waals surface area (Å²) in [6, 6.07) is 0.486. The summed E-state index contributed by atoms with van der Waals surface area (Å²) in [6.45, 7) is 11.1. The SMILES string of the molecule is CC(C)(C)C1CCC(NCC(C)(C)S(C)(=O)=O)CC1. The first kappa shape index (κ1) is 17.0. The lowest BCUT2D eigenvalue weighted by Gasteiger charge is -2.38. The fraction of sp³-hybridized carbons (Fsp3) is 1.00. The van der Waals surface area contributed by atoms with Gasteiger partial charge in [0.05, 0.1) is 4.75 Å². The third-order valence-corrected chi connectivity index (χ3v) is 6.92. The second-order valence-electron chi connectivity index (χ2n) is 7.83. The number of hydrogen-bond acceptors (Lipinski definition) is 3. The molecule has 0 bridgehead atoms. The van der Waals surface area contributed by atoms with Crippen molar-refractivity contribution in [1.29, 1.82) is 0 Å². The Morgan fingerprint density at radius 3 is 1.84 bits per heavy atom. The van der Waals surface area contributed by atoms with Crippen LogP contribution in [0.5, 0.6) is 0 Å². The van der Waals surface area contributed by atoms with Crippen LogP contribution >= 0.6 is 0 Å². The number of hydrogen-bond donors (Lipinski definition) is 1. The largest absolute Gasteiger partial charge is 0.312 e.